The molecule has 3 aliphatic rings. The van der Waals surface area contributed by atoms with E-state index in [1.807, 2.05) is 16.9 Å². The molecule has 1 N–H and O–H groups in total. The second kappa shape index (κ2) is 9.87. The number of hydrogen-bond donors (Lipinski definition) is 1. The maximum absolute atomic E-state index is 13.0. The van der Waals surface area contributed by atoms with Crippen LogP contribution < -0.4 is 10.1 Å². The third-order valence-electron chi connectivity index (χ3n) is 7.80. The van der Waals surface area contributed by atoms with Gasteiger partial charge in [0.2, 0.25) is 11.8 Å². The van der Waals surface area contributed by atoms with Gasteiger partial charge in [-0.15, -0.1) is 5.10 Å². The van der Waals surface area contributed by atoms with Crippen LogP contribution in [0.4, 0.5) is 0 Å². The lowest BCUT2D eigenvalue weighted by Gasteiger charge is -2.35. The van der Waals surface area contributed by atoms with Crippen molar-refractivity contribution in [1.29, 1.82) is 0 Å². The number of benzene rings is 1. The van der Waals surface area contributed by atoms with E-state index in [1.54, 1.807) is 12.1 Å². The number of nitrogens with one attached hydrogen (secondary N) is 1. The Bertz CT molecular complexity index is 1220. The molecule has 190 valence electrons. The van der Waals surface area contributed by atoms with Crippen molar-refractivity contribution >= 4 is 17.7 Å². The van der Waals surface area contributed by atoms with Gasteiger partial charge in [0.05, 0.1) is 18.8 Å². The first-order valence-electron chi connectivity index (χ1n) is 12.9. The molecule has 36 heavy (non-hydrogen) atoms. The van der Waals surface area contributed by atoms with Gasteiger partial charge in [0.25, 0.3) is 5.91 Å². The minimum absolute atomic E-state index is 0.215. The van der Waals surface area contributed by atoms with Gasteiger partial charge in [-0.25, -0.2) is 4.68 Å². The van der Waals surface area contributed by atoms with Crippen molar-refractivity contribution in [3.63, 3.8) is 0 Å². The highest BCUT2D eigenvalue weighted by atomic mass is 16.5. The van der Waals surface area contributed by atoms with Crippen molar-refractivity contribution in [3.8, 4) is 5.75 Å². The van der Waals surface area contributed by atoms with E-state index in [9.17, 15) is 14.4 Å². The minimum Gasteiger partial charge on any atom is -0.487 e. The zero-order valence-corrected chi connectivity index (χ0v) is 21.1. The monoisotopic (exact) mass is 491 g/mol. The molecule has 1 aromatic heterocycles. The molecule has 4 atom stereocenters. The summed E-state index contributed by atoms with van der Waals surface area (Å²) in [5.74, 6) is 0.570. The molecule has 2 aliphatic heterocycles. The molecule has 1 saturated heterocycles. The van der Waals surface area contributed by atoms with Gasteiger partial charge in [0, 0.05) is 17.5 Å². The Morgan fingerprint density at radius 3 is 2.78 bits per heavy atom. The Kier molecular flexibility index (Phi) is 6.64. The fourth-order valence-electron chi connectivity index (χ4n) is 5.90. The summed E-state index contributed by atoms with van der Waals surface area (Å²) >= 11 is 0. The predicted octanol–water partition coefficient (Wildman–Crippen LogP) is 3.56. The Morgan fingerprint density at radius 2 is 2.03 bits per heavy atom. The number of aromatic nitrogens is 3. The van der Waals surface area contributed by atoms with Gasteiger partial charge in [-0.05, 0) is 43.2 Å². The van der Waals surface area contributed by atoms with Crippen LogP contribution in [0.15, 0.2) is 36.0 Å². The molecule has 5 rings (SSSR count). The van der Waals surface area contributed by atoms with Crippen LogP contribution >= 0.6 is 0 Å². The summed E-state index contributed by atoms with van der Waals surface area (Å²) in [5.41, 5.74) is 3.53. The standard InChI is InChI=1S/C27H33N5O4/c1-4-17-11-16(3)25(18(5-2)12-17)32-13-19(29-30-32)15-36-23-8-6-7-20-21(23)14-31(27(20)35)22-9-10-24(33)28-26(22)34/h6-8,11,13,16,18,22,25H,4-5,9-10,12,14-15H2,1-3H3,(H,28,33,34). The van der Waals surface area contributed by atoms with Crippen molar-refractivity contribution < 1.29 is 19.1 Å². The topological polar surface area (TPSA) is 106 Å². The Labute approximate surface area is 210 Å². The number of nitrogens with zero attached hydrogens (tertiary/aromatic N) is 4. The maximum atomic E-state index is 13.0. The molecule has 4 unspecified atom stereocenters. The van der Waals surface area contributed by atoms with Crippen molar-refractivity contribution in [2.24, 2.45) is 11.8 Å². The molecular weight excluding hydrogens is 458 g/mol. The summed E-state index contributed by atoms with van der Waals surface area (Å²) in [7, 11) is 0. The first-order chi connectivity index (χ1) is 17.4. The van der Waals surface area contributed by atoms with Gasteiger partial charge in [0.1, 0.15) is 24.1 Å². The van der Waals surface area contributed by atoms with Crippen molar-refractivity contribution in [2.45, 2.75) is 78.1 Å². The fourth-order valence-corrected chi connectivity index (χ4v) is 5.90. The van der Waals surface area contributed by atoms with E-state index >= 15 is 0 Å². The second-order valence-electron chi connectivity index (χ2n) is 10.1. The molecule has 0 spiro atoms. The molecule has 3 heterocycles. The number of hydrogen-bond acceptors (Lipinski definition) is 6. The van der Waals surface area contributed by atoms with E-state index in [1.165, 1.54) is 10.5 Å². The van der Waals surface area contributed by atoms with E-state index in [0.717, 1.165) is 30.5 Å². The number of carbonyl (C=O) groups is 3. The maximum Gasteiger partial charge on any atom is 0.255 e. The van der Waals surface area contributed by atoms with E-state index in [2.05, 4.69) is 42.5 Å². The number of rotatable bonds is 7. The molecule has 1 aliphatic carbocycles. The SMILES string of the molecule is CCC1=CC(C)C(n2cc(COc3cccc4c3CN(C3CCC(=O)NC3=O)C4=O)nn2)C(CC)C1. The number of fused-ring (bicyclic) bond motifs is 1. The number of amides is 3. The molecule has 9 heteroatoms. The van der Waals surface area contributed by atoms with Gasteiger partial charge in [0.15, 0.2) is 0 Å². The van der Waals surface area contributed by atoms with E-state index in [-0.39, 0.29) is 37.4 Å². The molecule has 2 aromatic rings. The molecule has 0 radical (unpaired) electrons. The summed E-state index contributed by atoms with van der Waals surface area (Å²) in [6.45, 7) is 7.20. The summed E-state index contributed by atoms with van der Waals surface area (Å²) in [6.07, 6.45) is 8.19. The van der Waals surface area contributed by atoms with Crippen LogP contribution in [0.2, 0.25) is 0 Å². The zero-order valence-electron chi connectivity index (χ0n) is 21.1. The van der Waals surface area contributed by atoms with Crippen LogP contribution in [0, 0.1) is 11.8 Å². The van der Waals surface area contributed by atoms with Gasteiger partial charge < -0.3 is 9.64 Å². The summed E-state index contributed by atoms with van der Waals surface area (Å²) in [6, 6.07) is 4.98. The van der Waals surface area contributed by atoms with Gasteiger partial charge in [-0.3, -0.25) is 19.7 Å². The van der Waals surface area contributed by atoms with E-state index in [0.29, 0.717) is 29.6 Å². The van der Waals surface area contributed by atoms with Crippen LogP contribution in [0.5, 0.6) is 5.75 Å². The highest BCUT2D eigenvalue weighted by Crippen LogP contribution is 2.40. The summed E-state index contributed by atoms with van der Waals surface area (Å²) < 4.78 is 8.11. The smallest absolute Gasteiger partial charge is 0.255 e. The first kappa shape index (κ1) is 24.2. The molecular formula is C27H33N5O4. The number of ether oxygens (including phenoxy) is 1. The van der Waals surface area contributed by atoms with Crippen LogP contribution in [0.1, 0.15) is 80.5 Å². The van der Waals surface area contributed by atoms with E-state index in [4.69, 9.17) is 4.74 Å². The molecule has 1 aromatic carbocycles. The van der Waals surface area contributed by atoms with Gasteiger partial charge in [-0.1, -0.05) is 50.1 Å². The third-order valence-corrected chi connectivity index (χ3v) is 7.80. The van der Waals surface area contributed by atoms with Crippen molar-refractivity contribution in [1.82, 2.24) is 25.2 Å². The Hall–Kier alpha value is -3.49. The lowest BCUT2D eigenvalue weighted by molar-refractivity contribution is -0.136. The van der Waals surface area contributed by atoms with Gasteiger partial charge in [-0.2, -0.15) is 0 Å². The van der Waals surface area contributed by atoms with Crippen LogP contribution in [0.3, 0.4) is 0 Å². The number of piperidine rings is 1. The molecule has 0 saturated carbocycles. The normalized spacial score (nSPS) is 26.0. The van der Waals surface area contributed by atoms with Gasteiger partial charge >= 0.3 is 0 Å². The minimum atomic E-state index is -0.651. The van der Waals surface area contributed by atoms with Crippen molar-refractivity contribution in [3.05, 3.63) is 52.9 Å². The fraction of sp³-hybridized carbons (Fsp3) is 0.519. The number of allylic oxidation sites excluding steroid dienone is 2. The van der Waals surface area contributed by atoms with Crippen LogP contribution in [0.25, 0.3) is 0 Å². The Morgan fingerprint density at radius 1 is 1.19 bits per heavy atom. The molecule has 0 bridgehead atoms. The largest absolute Gasteiger partial charge is 0.487 e. The highest BCUT2D eigenvalue weighted by Gasteiger charge is 2.40. The molecule has 9 nitrogen and oxygen atoms in total. The summed E-state index contributed by atoms with van der Waals surface area (Å²) in [4.78, 5) is 38.4. The molecule has 1 fully saturated rings. The lowest BCUT2D eigenvalue weighted by Crippen LogP contribution is -2.52. The Balaban J connectivity index is 1.29. The first-order valence-corrected chi connectivity index (χ1v) is 12.9. The van der Waals surface area contributed by atoms with Crippen LogP contribution in [-0.2, 0) is 22.7 Å². The average Bonchev–Trinajstić information content (AvgIpc) is 3.47. The zero-order chi connectivity index (χ0) is 25.4. The predicted molar refractivity (Wildman–Crippen MR) is 132 cm³/mol. The van der Waals surface area contributed by atoms with Crippen LogP contribution in [-0.4, -0.2) is 43.7 Å². The van der Waals surface area contributed by atoms with E-state index < -0.39 is 11.9 Å². The quantitative estimate of drug-likeness (QED) is 0.469. The second-order valence-corrected chi connectivity index (χ2v) is 10.1. The van der Waals surface area contributed by atoms with Crippen molar-refractivity contribution in [2.75, 3.05) is 0 Å². The molecule has 3 amide bonds. The summed E-state index contributed by atoms with van der Waals surface area (Å²) in [5, 5.41) is 11.2. The lowest BCUT2D eigenvalue weighted by atomic mass is 9.77. The number of carbonyl (C=O) groups excluding carboxylic acids is 3. The highest BCUT2D eigenvalue weighted by molar-refractivity contribution is 6.05. The average molecular weight is 492 g/mol. The third kappa shape index (κ3) is 4.42. The number of imide groups is 1.